The Morgan fingerprint density at radius 2 is 1.83 bits per heavy atom. The molecular weight excluding hydrogens is 368 g/mol. The van der Waals surface area contributed by atoms with Crippen LogP contribution in [-0.4, -0.2) is 30.4 Å². The molecule has 4 aliphatic carbocycles. The van der Waals surface area contributed by atoms with Crippen LogP contribution in [0.3, 0.4) is 0 Å². The molecule has 5 rings (SSSR count). The molecule has 158 valence electrons. The van der Waals surface area contributed by atoms with Crippen molar-refractivity contribution in [3.63, 3.8) is 0 Å². The summed E-state index contributed by atoms with van der Waals surface area (Å²) >= 11 is 0. The molecule has 1 spiro atoms. The first-order valence-electron chi connectivity index (χ1n) is 11.3. The summed E-state index contributed by atoms with van der Waals surface area (Å²) in [5, 5.41) is 0. The number of carbonyl (C=O) groups is 3. The summed E-state index contributed by atoms with van der Waals surface area (Å²) in [5.41, 5.74) is 0.732. The highest BCUT2D eigenvalue weighted by molar-refractivity contribution is 5.92. The number of hydrogen-bond acceptors (Lipinski definition) is 5. The van der Waals surface area contributed by atoms with Crippen molar-refractivity contribution in [3.8, 4) is 0 Å². The van der Waals surface area contributed by atoms with Crippen LogP contribution in [0.2, 0.25) is 0 Å². The summed E-state index contributed by atoms with van der Waals surface area (Å²) in [4.78, 5) is 37.1. The van der Waals surface area contributed by atoms with Gasteiger partial charge < -0.3 is 9.47 Å². The normalized spacial score (nSPS) is 48.4. The van der Waals surface area contributed by atoms with Crippen LogP contribution in [0.25, 0.3) is 0 Å². The van der Waals surface area contributed by atoms with Crippen LogP contribution in [-0.2, 0) is 23.9 Å². The fourth-order valence-electron chi connectivity index (χ4n) is 8.25. The summed E-state index contributed by atoms with van der Waals surface area (Å²) < 4.78 is 11.3. The Bertz CT molecular complexity index is 814. The van der Waals surface area contributed by atoms with Crippen molar-refractivity contribution in [2.24, 2.45) is 34.5 Å². The Morgan fingerprint density at radius 3 is 2.52 bits per heavy atom. The molecule has 0 bridgehead atoms. The Hall–Kier alpha value is -1.65. The van der Waals surface area contributed by atoms with Gasteiger partial charge in [0.1, 0.15) is 5.60 Å². The van der Waals surface area contributed by atoms with Gasteiger partial charge in [-0.3, -0.25) is 14.4 Å². The van der Waals surface area contributed by atoms with E-state index in [0.29, 0.717) is 31.1 Å². The quantitative estimate of drug-likeness (QED) is 0.623. The molecule has 5 nitrogen and oxygen atoms in total. The summed E-state index contributed by atoms with van der Waals surface area (Å²) in [5.74, 6) is 0.747. The fourth-order valence-corrected chi connectivity index (χ4v) is 8.25. The molecule has 0 amide bonds. The average Bonchev–Trinajstić information content (AvgIpc) is 3.22. The van der Waals surface area contributed by atoms with Crippen molar-refractivity contribution in [1.82, 2.24) is 0 Å². The standard InChI is InChI=1S/C24H32O5/c1-22-8-4-15(25)12-14(22)13-16(21(27)28-3)20-17(22)5-9-23(2)18(20)6-10-24(23)11-7-19(26)29-24/h12,16-18,20H,4-11,13H2,1-3H3/t16?,17-,18-,20+,22-,23-,24+/m0/s1. The summed E-state index contributed by atoms with van der Waals surface area (Å²) in [6, 6.07) is 0. The van der Waals surface area contributed by atoms with E-state index in [0.717, 1.165) is 44.1 Å². The van der Waals surface area contributed by atoms with Crippen LogP contribution in [0.1, 0.15) is 71.6 Å². The second-order valence-electron chi connectivity index (χ2n) is 10.6. The molecule has 1 aliphatic heterocycles. The first kappa shape index (κ1) is 19.3. The summed E-state index contributed by atoms with van der Waals surface area (Å²) in [7, 11) is 1.47. The summed E-state index contributed by atoms with van der Waals surface area (Å²) in [6.07, 6.45) is 9.25. The number of ketones is 1. The molecule has 1 unspecified atom stereocenters. The minimum Gasteiger partial charge on any atom is -0.469 e. The first-order valence-corrected chi connectivity index (χ1v) is 11.3. The lowest BCUT2D eigenvalue weighted by Crippen LogP contribution is -2.58. The van der Waals surface area contributed by atoms with E-state index in [2.05, 4.69) is 13.8 Å². The maximum atomic E-state index is 12.9. The molecule has 29 heavy (non-hydrogen) atoms. The van der Waals surface area contributed by atoms with E-state index in [1.165, 1.54) is 7.11 Å². The van der Waals surface area contributed by atoms with Crippen molar-refractivity contribution in [2.75, 3.05) is 7.11 Å². The Kier molecular flexibility index (Phi) is 4.12. The van der Waals surface area contributed by atoms with Gasteiger partial charge in [-0.2, -0.15) is 0 Å². The molecule has 4 fully saturated rings. The van der Waals surface area contributed by atoms with Gasteiger partial charge in [-0.15, -0.1) is 0 Å². The zero-order valence-corrected chi connectivity index (χ0v) is 17.8. The third-order valence-corrected chi connectivity index (χ3v) is 9.85. The Morgan fingerprint density at radius 1 is 1.07 bits per heavy atom. The van der Waals surface area contributed by atoms with Crippen LogP contribution in [0, 0.1) is 34.5 Å². The molecule has 0 aromatic heterocycles. The average molecular weight is 401 g/mol. The van der Waals surface area contributed by atoms with E-state index in [9.17, 15) is 14.4 Å². The predicted molar refractivity (Wildman–Crippen MR) is 106 cm³/mol. The number of methoxy groups -OCH3 is 1. The molecule has 3 saturated carbocycles. The third kappa shape index (κ3) is 2.42. The van der Waals surface area contributed by atoms with Gasteiger partial charge >= 0.3 is 11.9 Å². The molecule has 5 heteroatoms. The zero-order chi connectivity index (χ0) is 20.6. The molecule has 1 heterocycles. The van der Waals surface area contributed by atoms with Crippen LogP contribution >= 0.6 is 0 Å². The molecule has 7 atom stereocenters. The van der Waals surface area contributed by atoms with Crippen molar-refractivity contribution >= 4 is 17.7 Å². The van der Waals surface area contributed by atoms with Crippen LogP contribution < -0.4 is 0 Å². The highest BCUT2D eigenvalue weighted by Gasteiger charge is 2.69. The number of carbonyl (C=O) groups excluding carboxylic acids is 3. The fraction of sp³-hybridized carbons (Fsp3) is 0.792. The molecule has 0 aromatic rings. The van der Waals surface area contributed by atoms with E-state index in [1.54, 1.807) is 0 Å². The van der Waals surface area contributed by atoms with Crippen LogP contribution in [0.15, 0.2) is 11.6 Å². The SMILES string of the molecule is COC(=O)C1CC2=CC(=O)CC[C@]2(C)[C@H]2CC[C@@]3(C)[C@@H](CC[C@@]34CCC(=O)O4)[C@H]12. The number of hydrogen-bond donors (Lipinski definition) is 0. The van der Waals surface area contributed by atoms with Gasteiger partial charge in [-0.05, 0) is 74.2 Å². The second kappa shape index (κ2) is 6.18. The Labute approximate surface area is 172 Å². The molecule has 0 N–H and O–H groups in total. The lowest BCUT2D eigenvalue weighted by molar-refractivity contribution is -0.177. The van der Waals surface area contributed by atoms with Crippen molar-refractivity contribution < 1.29 is 23.9 Å². The topological polar surface area (TPSA) is 69.7 Å². The molecular formula is C24H32O5. The number of allylic oxidation sites excluding steroid dienone is 1. The Balaban J connectivity index is 1.58. The molecule has 0 aromatic carbocycles. The predicted octanol–water partition coefficient (Wildman–Crippen LogP) is 3.99. The first-order chi connectivity index (χ1) is 13.7. The molecule has 1 saturated heterocycles. The number of ether oxygens (including phenoxy) is 2. The van der Waals surface area contributed by atoms with Crippen molar-refractivity contribution in [1.29, 1.82) is 0 Å². The van der Waals surface area contributed by atoms with Gasteiger partial charge in [0, 0.05) is 18.3 Å². The highest BCUT2D eigenvalue weighted by atomic mass is 16.6. The number of fused-ring (bicyclic) bond motifs is 6. The van der Waals surface area contributed by atoms with Crippen molar-refractivity contribution in [2.45, 2.75) is 77.2 Å². The van der Waals surface area contributed by atoms with E-state index < -0.39 is 0 Å². The van der Waals surface area contributed by atoms with E-state index in [-0.39, 0.29) is 46.0 Å². The van der Waals surface area contributed by atoms with Gasteiger partial charge in [-0.25, -0.2) is 0 Å². The smallest absolute Gasteiger partial charge is 0.309 e. The van der Waals surface area contributed by atoms with Gasteiger partial charge in [0.15, 0.2) is 5.78 Å². The van der Waals surface area contributed by atoms with Crippen molar-refractivity contribution in [3.05, 3.63) is 11.6 Å². The highest BCUT2D eigenvalue weighted by Crippen LogP contribution is 2.70. The van der Waals surface area contributed by atoms with E-state index in [1.807, 2.05) is 6.08 Å². The van der Waals surface area contributed by atoms with Gasteiger partial charge in [0.05, 0.1) is 13.0 Å². The van der Waals surface area contributed by atoms with Gasteiger partial charge in [0.25, 0.3) is 0 Å². The lowest BCUT2D eigenvalue weighted by atomic mass is 9.44. The minimum atomic E-state index is -0.347. The maximum absolute atomic E-state index is 12.9. The molecule has 0 radical (unpaired) electrons. The van der Waals surface area contributed by atoms with Crippen LogP contribution in [0.4, 0.5) is 0 Å². The third-order valence-electron chi connectivity index (χ3n) is 9.85. The van der Waals surface area contributed by atoms with E-state index in [4.69, 9.17) is 9.47 Å². The maximum Gasteiger partial charge on any atom is 0.309 e. The summed E-state index contributed by atoms with van der Waals surface area (Å²) in [6.45, 7) is 4.63. The minimum absolute atomic E-state index is 0.00741. The second-order valence-corrected chi connectivity index (χ2v) is 10.6. The zero-order valence-electron chi connectivity index (χ0n) is 17.8. The van der Waals surface area contributed by atoms with Crippen LogP contribution in [0.5, 0.6) is 0 Å². The monoisotopic (exact) mass is 400 g/mol. The number of rotatable bonds is 1. The number of esters is 2. The largest absolute Gasteiger partial charge is 0.469 e. The molecule has 5 aliphatic rings. The van der Waals surface area contributed by atoms with Gasteiger partial charge in [-0.1, -0.05) is 19.4 Å². The van der Waals surface area contributed by atoms with E-state index >= 15 is 0 Å². The lowest BCUT2D eigenvalue weighted by Gasteiger charge is -2.60. The van der Waals surface area contributed by atoms with Gasteiger partial charge in [0.2, 0.25) is 0 Å².